The molecule has 1 aromatic heterocycles. The molecule has 3 fully saturated rings. The third kappa shape index (κ3) is 1.58. The van der Waals surface area contributed by atoms with Gasteiger partial charge in [-0.1, -0.05) is 17.7 Å². The van der Waals surface area contributed by atoms with Gasteiger partial charge in [0.05, 0.1) is 21.4 Å². The molecule has 110 valence electrons. The first kappa shape index (κ1) is 12.8. The molecule has 1 aromatic carbocycles. The Morgan fingerprint density at radius 1 is 1.24 bits per heavy atom. The predicted molar refractivity (Wildman–Crippen MR) is 85.9 cm³/mol. The maximum Gasteiger partial charge on any atom is 0.128 e. The van der Waals surface area contributed by atoms with E-state index in [1.165, 1.54) is 19.3 Å². The van der Waals surface area contributed by atoms with E-state index in [2.05, 4.69) is 4.57 Å². The molecule has 0 spiro atoms. The third-order valence-electron chi connectivity index (χ3n) is 6.04. The molecule has 3 saturated carbocycles. The van der Waals surface area contributed by atoms with Crippen LogP contribution in [0.15, 0.2) is 18.2 Å². The van der Waals surface area contributed by atoms with Crippen LogP contribution in [0.25, 0.3) is 11.0 Å². The van der Waals surface area contributed by atoms with Crippen LogP contribution in [0.4, 0.5) is 0 Å². The Morgan fingerprint density at radius 3 is 2.62 bits per heavy atom. The molecule has 2 bridgehead atoms. The summed E-state index contributed by atoms with van der Waals surface area (Å²) in [5.41, 5.74) is 2.09. The standard InChI is InChI=1S/C17H18Cl2N2/c1-8(18)17-20-12-4-2-3-11(19)15(12)21(17)16-13-9-5-6-10(7-9)14(13)16/h2-4,8-10,13-14,16H,5-7H2,1H3. The Hall–Kier alpha value is -0.730. The maximum atomic E-state index is 6.49. The van der Waals surface area contributed by atoms with Crippen LogP contribution in [0.2, 0.25) is 5.02 Å². The lowest BCUT2D eigenvalue weighted by Gasteiger charge is -2.15. The minimum atomic E-state index is -0.0764. The quantitative estimate of drug-likeness (QED) is 0.695. The smallest absolute Gasteiger partial charge is 0.128 e. The fourth-order valence-electron chi connectivity index (χ4n) is 5.33. The minimum absolute atomic E-state index is 0.0764. The summed E-state index contributed by atoms with van der Waals surface area (Å²) in [6.45, 7) is 2.01. The number of aromatic nitrogens is 2. The van der Waals surface area contributed by atoms with Crippen molar-refractivity contribution in [3.05, 3.63) is 29.0 Å². The zero-order valence-corrected chi connectivity index (χ0v) is 13.5. The largest absolute Gasteiger partial charge is 0.322 e. The predicted octanol–water partition coefficient (Wildman–Crippen LogP) is 5.21. The topological polar surface area (TPSA) is 17.8 Å². The number of hydrogen-bond donors (Lipinski definition) is 0. The third-order valence-corrected chi connectivity index (χ3v) is 6.54. The van der Waals surface area contributed by atoms with E-state index in [-0.39, 0.29) is 5.38 Å². The SMILES string of the molecule is CC(Cl)c1nc2cccc(Cl)c2n1C1C2C3CCC(C3)C21. The van der Waals surface area contributed by atoms with Gasteiger partial charge in [0.25, 0.3) is 0 Å². The molecule has 0 saturated heterocycles. The van der Waals surface area contributed by atoms with Crippen LogP contribution < -0.4 is 0 Å². The van der Waals surface area contributed by atoms with Gasteiger partial charge in [-0.05, 0) is 62.0 Å². The molecule has 3 aliphatic carbocycles. The number of hydrogen-bond acceptors (Lipinski definition) is 1. The van der Waals surface area contributed by atoms with Gasteiger partial charge in [-0.3, -0.25) is 0 Å². The number of benzene rings is 1. The summed E-state index contributed by atoms with van der Waals surface area (Å²) in [7, 11) is 0. The highest BCUT2D eigenvalue weighted by Gasteiger charge is 2.66. The van der Waals surface area contributed by atoms with E-state index in [0.717, 1.165) is 45.6 Å². The van der Waals surface area contributed by atoms with Gasteiger partial charge < -0.3 is 4.57 Å². The molecule has 5 rings (SSSR count). The number of nitrogens with zero attached hydrogens (tertiary/aromatic N) is 2. The first-order chi connectivity index (χ1) is 10.2. The fourth-order valence-corrected chi connectivity index (χ4v) is 5.75. The second-order valence-electron chi connectivity index (χ2n) is 7.04. The highest BCUT2D eigenvalue weighted by Crippen LogP contribution is 2.72. The van der Waals surface area contributed by atoms with Crippen molar-refractivity contribution in [3.63, 3.8) is 0 Å². The summed E-state index contributed by atoms with van der Waals surface area (Å²) >= 11 is 12.9. The Kier molecular flexibility index (Phi) is 2.54. The molecule has 5 atom stereocenters. The highest BCUT2D eigenvalue weighted by atomic mass is 35.5. The second kappa shape index (κ2) is 4.17. The van der Waals surface area contributed by atoms with E-state index >= 15 is 0 Å². The fraction of sp³-hybridized carbons (Fsp3) is 0.588. The van der Waals surface area contributed by atoms with E-state index in [1.54, 1.807) is 0 Å². The lowest BCUT2D eigenvalue weighted by atomic mass is 10.0. The maximum absolute atomic E-state index is 6.49. The summed E-state index contributed by atoms with van der Waals surface area (Å²) in [6, 6.07) is 6.59. The van der Waals surface area contributed by atoms with Crippen LogP contribution >= 0.6 is 23.2 Å². The van der Waals surface area contributed by atoms with Crippen molar-refractivity contribution in [1.29, 1.82) is 0 Å². The van der Waals surface area contributed by atoms with Gasteiger partial charge in [0.2, 0.25) is 0 Å². The molecule has 1 heterocycles. The Morgan fingerprint density at radius 2 is 1.95 bits per heavy atom. The van der Waals surface area contributed by atoms with Gasteiger partial charge in [-0.15, -0.1) is 11.6 Å². The molecule has 0 amide bonds. The monoisotopic (exact) mass is 320 g/mol. The zero-order chi connectivity index (χ0) is 14.3. The van der Waals surface area contributed by atoms with Crippen molar-refractivity contribution in [1.82, 2.24) is 9.55 Å². The van der Waals surface area contributed by atoms with Gasteiger partial charge in [0.15, 0.2) is 0 Å². The minimum Gasteiger partial charge on any atom is -0.322 e. The molecule has 2 nitrogen and oxygen atoms in total. The van der Waals surface area contributed by atoms with Crippen LogP contribution in [-0.2, 0) is 0 Å². The number of fused-ring (bicyclic) bond motifs is 6. The Balaban J connectivity index is 1.70. The van der Waals surface area contributed by atoms with E-state index in [4.69, 9.17) is 28.2 Å². The summed E-state index contributed by atoms with van der Waals surface area (Å²) in [5.74, 6) is 4.57. The molecule has 0 radical (unpaired) electrons. The average Bonchev–Trinajstić information content (AvgIpc) is 2.81. The van der Waals surface area contributed by atoms with E-state index in [0.29, 0.717) is 6.04 Å². The highest BCUT2D eigenvalue weighted by molar-refractivity contribution is 6.35. The van der Waals surface area contributed by atoms with Crippen LogP contribution in [0.1, 0.15) is 43.4 Å². The van der Waals surface area contributed by atoms with Crippen LogP contribution in [-0.4, -0.2) is 9.55 Å². The number of alkyl halides is 1. The number of rotatable bonds is 2. The van der Waals surface area contributed by atoms with Crippen molar-refractivity contribution < 1.29 is 0 Å². The molecule has 0 N–H and O–H groups in total. The Labute approximate surface area is 134 Å². The van der Waals surface area contributed by atoms with E-state index in [9.17, 15) is 0 Å². The first-order valence-corrected chi connectivity index (χ1v) is 8.78. The molecule has 2 aromatic rings. The van der Waals surface area contributed by atoms with Crippen molar-refractivity contribution in [2.24, 2.45) is 23.7 Å². The van der Waals surface area contributed by atoms with Gasteiger partial charge in [0, 0.05) is 6.04 Å². The molecular weight excluding hydrogens is 303 g/mol. The van der Waals surface area contributed by atoms with Crippen molar-refractivity contribution >= 4 is 34.2 Å². The molecule has 3 aliphatic rings. The Bertz CT molecular complexity index is 720. The summed E-state index contributed by atoms with van der Waals surface area (Å²) < 4.78 is 2.40. The van der Waals surface area contributed by atoms with E-state index < -0.39 is 0 Å². The summed E-state index contributed by atoms with van der Waals surface area (Å²) in [5, 5.41) is 0.730. The number of para-hydroxylation sites is 1. The van der Waals surface area contributed by atoms with E-state index in [1.807, 2.05) is 25.1 Å². The first-order valence-electron chi connectivity index (χ1n) is 7.97. The number of halogens is 2. The van der Waals surface area contributed by atoms with Crippen LogP contribution in [0, 0.1) is 23.7 Å². The lowest BCUT2D eigenvalue weighted by molar-refractivity contribution is 0.451. The normalized spacial score (nSPS) is 38.0. The van der Waals surface area contributed by atoms with Crippen molar-refractivity contribution in [2.45, 2.75) is 37.6 Å². The summed E-state index contributed by atoms with van der Waals surface area (Å²) in [4.78, 5) is 4.78. The van der Waals surface area contributed by atoms with Gasteiger partial charge in [-0.25, -0.2) is 4.98 Å². The molecule has 0 aliphatic heterocycles. The molecule has 5 unspecified atom stereocenters. The van der Waals surface area contributed by atoms with Crippen LogP contribution in [0.3, 0.4) is 0 Å². The average molecular weight is 321 g/mol. The van der Waals surface area contributed by atoms with Gasteiger partial charge in [-0.2, -0.15) is 0 Å². The molecule has 21 heavy (non-hydrogen) atoms. The lowest BCUT2D eigenvalue weighted by Crippen LogP contribution is -2.09. The molecular formula is C17H18Cl2N2. The zero-order valence-electron chi connectivity index (χ0n) is 12.0. The van der Waals surface area contributed by atoms with Crippen molar-refractivity contribution in [2.75, 3.05) is 0 Å². The number of imidazole rings is 1. The summed E-state index contributed by atoms with van der Waals surface area (Å²) in [6.07, 6.45) is 4.31. The van der Waals surface area contributed by atoms with Gasteiger partial charge >= 0.3 is 0 Å². The molecule has 4 heteroatoms. The second-order valence-corrected chi connectivity index (χ2v) is 8.10. The van der Waals surface area contributed by atoms with Crippen LogP contribution in [0.5, 0.6) is 0 Å². The van der Waals surface area contributed by atoms with Gasteiger partial charge in [0.1, 0.15) is 5.82 Å². The van der Waals surface area contributed by atoms with Crippen molar-refractivity contribution in [3.8, 4) is 0 Å².